The number of carbonyl (C=O) groups excluding carboxylic acids is 1. The second-order valence-electron chi connectivity index (χ2n) is 11.9. The van der Waals surface area contributed by atoms with E-state index < -0.39 is 15.7 Å². The number of carbonyl (C=O) groups is 1. The van der Waals surface area contributed by atoms with Crippen LogP contribution in [0.3, 0.4) is 0 Å². The summed E-state index contributed by atoms with van der Waals surface area (Å²) in [6.07, 6.45) is 5.47. The fraction of sp³-hybridized carbons (Fsp3) is 0.179. The third-order valence-corrected chi connectivity index (χ3v) is 8.94. The van der Waals surface area contributed by atoms with Crippen LogP contribution in [-0.4, -0.2) is 66.4 Å². The zero-order valence-corrected chi connectivity index (χ0v) is 28.0. The molecule has 5 aromatic carbocycles. The second-order valence-corrected chi connectivity index (χ2v) is 13.4. The highest BCUT2D eigenvalue weighted by Gasteiger charge is 2.38. The van der Waals surface area contributed by atoms with Crippen LogP contribution in [0.15, 0.2) is 140 Å². The second kappa shape index (κ2) is 14.9. The largest absolute Gasteiger partial charge is 0.395 e. The first kappa shape index (κ1) is 33.6. The first-order valence-electron chi connectivity index (χ1n) is 16.0. The van der Waals surface area contributed by atoms with Crippen LogP contribution < -0.4 is 9.50 Å². The lowest BCUT2D eigenvalue weighted by molar-refractivity contribution is -0.117. The number of hydrogen-bond acceptors (Lipinski definition) is 7. The van der Waals surface area contributed by atoms with Crippen LogP contribution in [0.5, 0.6) is 5.75 Å². The van der Waals surface area contributed by atoms with Gasteiger partial charge in [-0.3, -0.25) is 9.69 Å². The van der Waals surface area contributed by atoms with Crippen LogP contribution >= 0.6 is 0 Å². The average Bonchev–Trinajstić information content (AvgIpc) is 3.58. The fourth-order valence-electron chi connectivity index (χ4n) is 6.33. The number of aliphatic hydroxyl groups excluding tert-OH is 1. The van der Waals surface area contributed by atoms with Gasteiger partial charge in [-0.15, -0.1) is 0 Å². The zero-order chi connectivity index (χ0) is 34.3. The number of hydrogen-bond donors (Lipinski definition) is 2. The summed E-state index contributed by atoms with van der Waals surface area (Å²) in [5, 5.41) is 14.3. The minimum absolute atomic E-state index is 0.0408. The van der Waals surface area contributed by atoms with E-state index in [0.717, 1.165) is 34.0 Å². The summed E-state index contributed by atoms with van der Waals surface area (Å²) in [6, 6.07) is 41.5. The molecule has 2 N–H and O–H groups in total. The van der Waals surface area contributed by atoms with Crippen LogP contribution in [0.2, 0.25) is 0 Å². The number of nitrogens with one attached hydrogen (secondary N) is 1. The summed E-state index contributed by atoms with van der Waals surface area (Å²) in [4.78, 5) is 20.0. The highest BCUT2D eigenvalue weighted by Crippen LogP contribution is 2.40. The van der Waals surface area contributed by atoms with Crippen LogP contribution in [0.25, 0.3) is 10.8 Å². The molecule has 49 heavy (non-hydrogen) atoms. The van der Waals surface area contributed by atoms with Gasteiger partial charge in [-0.25, -0.2) is 4.98 Å². The van der Waals surface area contributed by atoms with Crippen molar-refractivity contribution in [2.75, 3.05) is 37.8 Å². The topological polar surface area (TPSA) is 114 Å². The van der Waals surface area contributed by atoms with Gasteiger partial charge in [0.2, 0.25) is 5.91 Å². The van der Waals surface area contributed by atoms with E-state index in [-0.39, 0.29) is 24.8 Å². The van der Waals surface area contributed by atoms with Gasteiger partial charge in [0.05, 0.1) is 31.4 Å². The van der Waals surface area contributed by atoms with Crippen molar-refractivity contribution >= 4 is 32.5 Å². The Morgan fingerprint density at radius 2 is 1.45 bits per heavy atom. The van der Waals surface area contributed by atoms with E-state index in [0.29, 0.717) is 30.6 Å². The van der Waals surface area contributed by atoms with E-state index >= 15 is 0 Å². The molecule has 10 heteroatoms. The molecule has 9 nitrogen and oxygen atoms in total. The molecule has 0 fully saturated rings. The van der Waals surface area contributed by atoms with Gasteiger partial charge in [0.15, 0.2) is 0 Å². The Morgan fingerprint density at radius 1 is 0.837 bits per heavy atom. The number of fused-ring (bicyclic) bond motifs is 1. The predicted octanol–water partition coefficient (Wildman–Crippen LogP) is 5.69. The molecule has 6 aromatic rings. The maximum absolute atomic E-state index is 13.3. The fourth-order valence-corrected chi connectivity index (χ4v) is 6.78. The molecule has 0 atom stereocenters. The van der Waals surface area contributed by atoms with Crippen molar-refractivity contribution in [3.8, 4) is 5.75 Å². The highest BCUT2D eigenvalue weighted by molar-refractivity contribution is 7.86. The van der Waals surface area contributed by atoms with Crippen molar-refractivity contribution in [1.29, 1.82) is 0 Å². The molecule has 0 unspecified atom stereocenters. The van der Waals surface area contributed by atoms with Gasteiger partial charge >= 0.3 is 10.1 Å². The van der Waals surface area contributed by atoms with Gasteiger partial charge in [-0.1, -0.05) is 109 Å². The van der Waals surface area contributed by atoms with Crippen LogP contribution in [0.4, 0.5) is 5.69 Å². The van der Waals surface area contributed by atoms with E-state index in [2.05, 4.69) is 52.5 Å². The van der Waals surface area contributed by atoms with Crippen molar-refractivity contribution in [2.45, 2.75) is 12.0 Å². The van der Waals surface area contributed by atoms with E-state index in [1.165, 1.54) is 0 Å². The molecule has 6 rings (SSSR count). The van der Waals surface area contributed by atoms with E-state index in [1.807, 2.05) is 78.0 Å². The van der Waals surface area contributed by atoms with Crippen molar-refractivity contribution in [2.24, 2.45) is 0 Å². The average molecular weight is 675 g/mol. The standard InChI is InChI=1S/C39H38N4O5S/c1-49(46,47)48-35-21-20-30-12-11-19-37(36(30)26-35)41-38(45)28-42(24-25-44)23-22-34-27-43(29-40-34)39(31-13-5-2-6-14-31,32-15-7-3-8-16-32)33-17-9-4-10-18-33/h2-21,26-27,29,44H,22-25,28H2,1H3,(H,41,45). The normalized spacial score (nSPS) is 11.9. The minimum atomic E-state index is -3.71. The minimum Gasteiger partial charge on any atom is -0.395 e. The Morgan fingerprint density at radius 3 is 2.02 bits per heavy atom. The van der Waals surface area contributed by atoms with E-state index in [9.17, 15) is 18.3 Å². The molecule has 0 bridgehead atoms. The maximum Gasteiger partial charge on any atom is 0.306 e. The summed E-state index contributed by atoms with van der Waals surface area (Å²) < 4.78 is 30.6. The monoisotopic (exact) mass is 674 g/mol. The number of benzene rings is 5. The molecule has 0 aliphatic carbocycles. The van der Waals surface area contributed by atoms with E-state index in [4.69, 9.17) is 9.17 Å². The van der Waals surface area contributed by atoms with Gasteiger partial charge in [-0.05, 0) is 40.3 Å². The molecule has 0 aliphatic heterocycles. The number of aromatic nitrogens is 2. The number of imidazole rings is 1. The summed E-state index contributed by atoms with van der Waals surface area (Å²) >= 11 is 0. The molecule has 0 aliphatic rings. The summed E-state index contributed by atoms with van der Waals surface area (Å²) in [5.74, 6) is -0.106. The third kappa shape index (κ3) is 7.73. The van der Waals surface area contributed by atoms with Gasteiger partial charge in [0.1, 0.15) is 11.3 Å². The molecule has 1 heterocycles. The number of nitrogens with zero attached hydrogens (tertiary/aromatic N) is 3. The lowest BCUT2D eigenvalue weighted by Crippen LogP contribution is -2.37. The smallest absolute Gasteiger partial charge is 0.306 e. The number of anilines is 1. The highest BCUT2D eigenvalue weighted by atomic mass is 32.2. The van der Waals surface area contributed by atoms with Crippen LogP contribution in [0.1, 0.15) is 22.4 Å². The summed E-state index contributed by atoms with van der Waals surface area (Å²) in [6.45, 7) is 0.723. The molecule has 1 aromatic heterocycles. The molecule has 1 amide bonds. The van der Waals surface area contributed by atoms with Gasteiger partial charge in [0, 0.05) is 36.8 Å². The molecule has 0 radical (unpaired) electrons. The lowest BCUT2D eigenvalue weighted by atomic mass is 9.77. The maximum atomic E-state index is 13.3. The van der Waals surface area contributed by atoms with Gasteiger partial charge in [0.25, 0.3) is 0 Å². The van der Waals surface area contributed by atoms with E-state index in [1.54, 1.807) is 24.3 Å². The van der Waals surface area contributed by atoms with Crippen molar-refractivity contribution in [3.63, 3.8) is 0 Å². The molecular weight excluding hydrogens is 637 g/mol. The molecular formula is C39H38N4O5S. The van der Waals surface area contributed by atoms with Crippen molar-refractivity contribution in [1.82, 2.24) is 14.5 Å². The number of aliphatic hydroxyl groups is 1. The Labute approximate surface area is 286 Å². The predicted molar refractivity (Wildman–Crippen MR) is 192 cm³/mol. The quantitative estimate of drug-likeness (QED) is 0.113. The van der Waals surface area contributed by atoms with Crippen LogP contribution in [0, 0.1) is 0 Å². The molecule has 250 valence electrons. The van der Waals surface area contributed by atoms with Gasteiger partial charge in [-0.2, -0.15) is 8.42 Å². The van der Waals surface area contributed by atoms with Crippen molar-refractivity contribution < 1.29 is 22.5 Å². The number of amides is 1. The van der Waals surface area contributed by atoms with Gasteiger partial charge < -0.3 is 19.2 Å². The Balaban J connectivity index is 1.23. The Kier molecular flexibility index (Phi) is 10.2. The summed E-state index contributed by atoms with van der Waals surface area (Å²) in [5.41, 5.74) is 3.99. The number of rotatable bonds is 14. The Bertz CT molecular complexity index is 2020. The Hall–Kier alpha value is -5.29. The lowest BCUT2D eigenvalue weighted by Gasteiger charge is -2.37. The molecule has 0 spiro atoms. The third-order valence-electron chi connectivity index (χ3n) is 8.44. The zero-order valence-electron chi connectivity index (χ0n) is 27.1. The van der Waals surface area contributed by atoms with Crippen molar-refractivity contribution in [3.05, 3.63) is 162 Å². The molecule has 0 saturated heterocycles. The first-order chi connectivity index (χ1) is 23.8. The molecule has 0 saturated carbocycles. The summed E-state index contributed by atoms with van der Waals surface area (Å²) in [7, 11) is -3.71. The van der Waals surface area contributed by atoms with Crippen LogP contribution in [-0.2, 0) is 26.9 Å². The first-order valence-corrected chi connectivity index (χ1v) is 17.8. The SMILES string of the molecule is CS(=O)(=O)Oc1ccc2cccc(NC(=O)CN(CCO)CCc3cn(C(c4ccccc4)(c4ccccc4)c4ccccc4)cn3)c2c1.